The van der Waals surface area contributed by atoms with Crippen molar-refractivity contribution in [2.24, 2.45) is 5.92 Å². The Morgan fingerprint density at radius 2 is 1.95 bits per heavy atom. The van der Waals surface area contributed by atoms with E-state index in [9.17, 15) is 4.79 Å². The summed E-state index contributed by atoms with van der Waals surface area (Å²) in [5, 5.41) is 0. The van der Waals surface area contributed by atoms with E-state index in [1.54, 1.807) is 6.26 Å². The second kappa shape index (κ2) is 5.53. The van der Waals surface area contributed by atoms with Gasteiger partial charge in [0.2, 0.25) is 5.91 Å². The van der Waals surface area contributed by atoms with E-state index in [1.807, 2.05) is 35.2 Å². The molecule has 1 aromatic heterocycles. The topological polar surface area (TPSA) is 33.5 Å². The van der Waals surface area contributed by atoms with Crippen molar-refractivity contribution >= 4 is 5.91 Å². The highest BCUT2D eigenvalue weighted by molar-refractivity contribution is 5.86. The maximum Gasteiger partial charge on any atom is 0.229 e. The fourth-order valence-electron chi connectivity index (χ4n) is 2.98. The molecule has 3 heteroatoms. The number of hydrogen-bond donors (Lipinski definition) is 0. The Morgan fingerprint density at radius 1 is 1.15 bits per heavy atom. The molecule has 0 saturated carbocycles. The third kappa shape index (κ3) is 2.24. The molecule has 1 aromatic carbocycles. The summed E-state index contributed by atoms with van der Waals surface area (Å²) in [6.45, 7) is 2.78. The molecule has 0 unspecified atom stereocenters. The monoisotopic (exact) mass is 269 g/mol. The number of furan rings is 1. The lowest BCUT2D eigenvalue weighted by Gasteiger charge is -2.46. The Labute approximate surface area is 119 Å². The number of hydrogen-bond acceptors (Lipinski definition) is 2. The quantitative estimate of drug-likeness (QED) is 0.774. The van der Waals surface area contributed by atoms with Crippen molar-refractivity contribution in [3.63, 3.8) is 0 Å². The predicted molar refractivity (Wildman–Crippen MR) is 76.8 cm³/mol. The summed E-state index contributed by atoms with van der Waals surface area (Å²) < 4.78 is 5.54. The first kappa shape index (κ1) is 13.0. The first-order valence-electron chi connectivity index (χ1n) is 7.19. The number of rotatable bonds is 5. The number of nitrogens with zero attached hydrogens (tertiary/aromatic N) is 1. The third-order valence-corrected chi connectivity index (χ3v) is 3.95. The molecule has 3 nitrogen and oxygen atoms in total. The average Bonchev–Trinajstić information content (AvgIpc) is 3.00. The van der Waals surface area contributed by atoms with Gasteiger partial charge in [0.05, 0.1) is 12.2 Å². The molecule has 3 rings (SSSR count). The van der Waals surface area contributed by atoms with Gasteiger partial charge in [0, 0.05) is 6.54 Å². The SMILES string of the molecule is CCC[C@@H]1C(=O)N(Cc2ccccc2)[C@H]1c1ccco1. The average molecular weight is 269 g/mol. The van der Waals surface area contributed by atoms with E-state index in [1.165, 1.54) is 0 Å². The Morgan fingerprint density at radius 3 is 2.60 bits per heavy atom. The molecule has 1 amide bonds. The van der Waals surface area contributed by atoms with Gasteiger partial charge < -0.3 is 9.32 Å². The van der Waals surface area contributed by atoms with E-state index >= 15 is 0 Å². The summed E-state index contributed by atoms with van der Waals surface area (Å²) >= 11 is 0. The second-order valence-corrected chi connectivity index (χ2v) is 5.31. The van der Waals surface area contributed by atoms with Crippen LogP contribution in [-0.2, 0) is 11.3 Å². The van der Waals surface area contributed by atoms with Crippen LogP contribution in [0.25, 0.3) is 0 Å². The van der Waals surface area contributed by atoms with Crippen LogP contribution >= 0.6 is 0 Å². The van der Waals surface area contributed by atoms with Crippen molar-refractivity contribution in [1.29, 1.82) is 0 Å². The Balaban J connectivity index is 1.80. The van der Waals surface area contributed by atoms with Crippen LogP contribution in [0.5, 0.6) is 0 Å². The zero-order valence-electron chi connectivity index (χ0n) is 11.7. The molecule has 0 spiro atoms. The molecule has 1 fully saturated rings. The van der Waals surface area contributed by atoms with Gasteiger partial charge in [-0.15, -0.1) is 0 Å². The lowest BCUT2D eigenvalue weighted by molar-refractivity contribution is -0.160. The lowest BCUT2D eigenvalue weighted by Crippen LogP contribution is -2.54. The molecule has 0 N–H and O–H groups in total. The van der Waals surface area contributed by atoms with Gasteiger partial charge in [-0.25, -0.2) is 0 Å². The zero-order valence-corrected chi connectivity index (χ0v) is 11.7. The number of likely N-dealkylation sites (tertiary alicyclic amines) is 1. The maximum atomic E-state index is 12.3. The van der Waals surface area contributed by atoms with Crippen molar-refractivity contribution in [1.82, 2.24) is 4.90 Å². The number of amides is 1. The fourth-order valence-corrected chi connectivity index (χ4v) is 2.98. The summed E-state index contributed by atoms with van der Waals surface area (Å²) in [6, 6.07) is 14.1. The van der Waals surface area contributed by atoms with Gasteiger partial charge in [0.25, 0.3) is 0 Å². The van der Waals surface area contributed by atoms with Crippen LogP contribution in [0.3, 0.4) is 0 Å². The molecule has 0 aliphatic carbocycles. The summed E-state index contributed by atoms with van der Waals surface area (Å²) in [5.41, 5.74) is 1.16. The summed E-state index contributed by atoms with van der Waals surface area (Å²) in [5.74, 6) is 1.23. The number of carbonyl (C=O) groups is 1. The maximum absolute atomic E-state index is 12.3. The highest BCUT2D eigenvalue weighted by atomic mass is 16.3. The van der Waals surface area contributed by atoms with Crippen LogP contribution in [0.15, 0.2) is 53.1 Å². The van der Waals surface area contributed by atoms with Gasteiger partial charge in [0.15, 0.2) is 0 Å². The lowest BCUT2D eigenvalue weighted by atomic mass is 9.82. The van der Waals surface area contributed by atoms with E-state index in [2.05, 4.69) is 19.1 Å². The minimum absolute atomic E-state index is 0.0786. The highest BCUT2D eigenvalue weighted by Crippen LogP contribution is 2.43. The van der Waals surface area contributed by atoms with Crippen LogP contribution in [0.2, 0.25) is 0 Å². The standard InChI is InChI=1S/C17H19NO2/c1-2-7-14-16(15-10-6-11-20-15)18(17(14)19)12-13-8-4-3-5-9-13/h3-6,8-11,14,16H,2,7,12H2,1H3/t14-,16+/m0/s1. The van der Waals surface area contributed by atoms with E-state index in [-0.39, 0.29) is 17.9 Å². The molecule has 1 saturated heterocycles. The molecular formula is C17H19NO2. The molecule has 20 heavy (non-hydrogen) atoms. The molecule has 1 aliphatic heterocycles. The smallest absolute Gasteiger partial charge is 0.229 e. The van der Waals surface area contributed by atoms with E-state index in [0.29, 0.717) is 6.54 Å². The van der Waals surface area contributed by atoms with Crippen molar-refractivity contribution in [3.8, 4) is 0 Å². The third-order valence-electron chi connectivity index (χ3n) is 3.95. The van der Waals surface area contributed by atoms with Gasteiger partial charge in [-0.1, -0.05) is 43.7 Å². The van der Waals surface area contributed by atoms with Gasteiger partial charge in [0.1, 0.15) is 11.8 Å². The van der Waals surface area contributed by atoms with Crippen molar-refractivity contribution < 1.29 is 9.21 Å². The molecule has 2 heterocycles. The fraction of sp³-hybridized carbons (Fsp3) is 0.353. The minimum Gasteiger partial charge on any atom is -0.467 e. The molecule has 2 atom stereocenters. The van der Waals surface area contributed by atoms with Crippen molar-refractivity contribution in [3.05, 3.63) is 60.1 Å². The molecule has 1 aliphatic rings. The second-order valence-electron chi connectivity index (χ2n) is 5.31. The van der Waals surface area contributed by atoms with Gasteiger partial charge in [-0.3, -0.25) is 4.79 Å². The predicted octanol–water partition coefficient (Wildman–Crippen LogP) is 3.78. The molecular weight excluding hydrogens is 250 g/mol. The van der Waals surface area contributed by atoms with E-state index in [4.69, 9.17) is 4.42 Å². The van der Waals surface area contributed by atoms with Crippen LogP contribution in [-0.4, -0.2) is 10.8 Å². The largest absolute Gasteiger partial charge is 0.467 e. The number of benzene rings is 1. The Kier molecular flexibility index (Phi) is 3.59. The molecule has 2 aromatic rings. The zero-order chi connectivity index (χ0) is 13.9. The van der Waals surface area contributed by atoms with Crippen LogP contribution in [0, 0.1) is 5.92 Å². The van der Waals surface area contributed by atoms with Crippen molar-refractivity contribution in [2.45, 2.75) is 32.4 Å². The van der Waals surface area contributed by atoms with Crippen LogP contribution < -0.4 is 0 Å². The first-order chi connectivity index (χ1) is 9.81. The molecule has 0 bridgehead atoms. The van der Waals surface area contributed by atoms with E-state index in [0.717, 1.165) is 24.2 Å². The van der Waals surface area contributed by atoms with Crippen LogP contribution in [0.4, 0.5) is 0 Å². The summed E-state index contributed by atoms with van der Waals surface area (Å²) in [4.78, 5) is 14.3. The Bertz CT molecular complexity index is 562. The number of β-lactam (4-membered cyclic amide) rings is 1. The number of carbonyl (C=O) groups excluding carboxylic acids is 1. The normalized spacial score (nSPS) is 21.9. The van der Waals surface area contributed by atoms with Crippen molar-refractivity contribution in [2.75, 3.05) is 0 Å². The van der Waals surface area contributed by atoms with Crippen LogP contribution in [0.1, 0.15) is 37.1 Å². The first-order valence-corrected chi connectivity index (χ1v) is 7.19. The molecule has 0 radical (unpaired) electrons. The Hall–Kier alpha value is -2.03. The van der Waals surface area contributed by atoms with Gasteiger partial charge in [-0.2, -0.15) is 0 Å². The van der Waals surface area contributed by atoms with Gasteiger partial charge in [-0.05, 0) is 24.1 Å². The summed E-state index contributed by atoms with van der Waals surface area (Å²) in [6.07, 6.45) is 3.63. The molecule has 104 valence electrons. The van der Waals surface area contributed by atoms with Gasteiger partial charge >= 0.3 is 0 Å². The van der Waals surface area contributed by atoms with E-state index < -0.39 is 0 Å². The minimum atomic E-state index is 0.0786. The highest BCUT2D eigenvalue weighted by Gasteiger charge is 2.48. The summed E-state index contributed by atoms with van der Waals surface area (Å²) in [7, 11) is 0.